The Morgan fingerprint density at radius 1 is 0.800 bits per heavy atom. The molecule has 0 bridgehead atoms. The van der Waals surface area contributed by atoms with E-state index in [2.05, 4.69) is 0 Å². The van der Waals surface area contributed by atoms with Crippen LogP contribution in [0.15, 0.2) is 42.5 Å². The number of ether oxygens (including phenoxy) is 3. The zero-order valence-electron chi connectivity index (χ0n) is 11.8. The van der Waals surface area contributed by atoms with Crippen molar-refractivity contribution in [2.45, 2.75) is 6.10 Å². The van der Waals surface area contributed by atoms with Crippen molar-refractivity contribution < 1.29 is 19.3 Å². The van der Waals surface area contributed by atoms with E-state index < -0.39 is 6.10 Å². The van der Waals surface area contributed by atoms with E-state index in [0.717, 1.165) is 0 Å². The molecule has 0 radical (unpaired) electrons. The van der Waals surface area contributed by atoms with Crippen LogP contribution in [-0.2, 0) is 0 Å². The van der Waals surface area contributed by atoms with Crippen molar-refractivity contribution in [3.05, 3.63) is 53.6 Å². The van der Waals surface area contributed by atoms with Gasteiger partial charge in [-0.25, -0.2) is 0 Å². The molecular weight excluding hydrogens is 256 g/mol. The van der Waals surface area contributed by atoms with Crippen LogP contribution >= 0.6 is 0 Å². The van der Waals surface area contributed by atoms with Crippen molar-refractivity contribution in [2.24, 2.45) is 0 Å². The third-order valence-corrected chi connectivity index (χ3v) is 3.16. The van der Waals surface area contributed by atoms with Crippen LogP contribution in [0.4, 0.5) is 0 Å². The molecule has 0 aromatic heterocycles. The van der Waals surface area contributed by atoms with Crippen molar-refractivity contribution in [1.29, 1.82) is 0 Å². The molecule has 20 heavy (non-hydrogen) atoms. The number of hydrogen-bond donors (Lipinski definition) is 1. The van der Waals surface area contributed by atoms with E-state index in [0.29, 0.717) is 28.4 Å². The van der Waals surface area contributed by atoms with Crippen LogP contribution in [0.1, 0.15) is 17.2 Å². The van der Waals surface area contributed by atoms with Crippen molar-refractivity contribution in [3.8, 4) is 17.2 Å². The Kier molecular flexibility index (Phi) is 4.48. The zero-order valence-corrected chi connectivity index (χ0v) is 11.8. The number of aliphatic hydroxyl groups excluding tert-OH is 1. The number of hydrogen-bond acceptors (Lipinski definition) is 4. The van der Waals surface area contributed by atoms with Gasteiger partial charge in [-0.05, 0) is 24.3 Å². The minimum Gasteiger partial charge on any atom is -0.497 e. The van der Waals surface area contributed by atoms with Gasteiger partial charge in [0.15, 0.2) is 0 Å². The lowest BCUT2D eigenvalue weighted by molar-refractivity contribution is 0.209. The van der Waals surface area contributed by atoms with Gasteiger partial charge in [-0.15, -0.1) is 0 Å². The first-order chi connectivity index (χ1) is 9.71. The number of benzene rings is 2. The molecule has 0 fully saturated rings. The maximum atomic E-state index is 10.6. The summed E-state index contributed by atoms with van der Waals surface area (Å²) in [6, 6.07) is 12.7. The highest BCUT2D eigenvalue weighted by Crippen LogP contribution is 2.36. The summed E-state index contributed by atoms with van der Waals surface area (Å²) < 4.78 is 15.8. The minimum atomic E-state index is -0.851. The van der Waals surface area contributed by atoms with Crippen LogP contribution in [0, 0.1) is 0 Å². The second-order valence-electron chi connectivity index (χ2n) is 4.25. The van der Waals surface area contributed by atoms with E-state index in [1.165, 1.54) is 0 Å². The number of rotatable bonds is 5. The lowest BCUT2D eigenvalue weighted by Gasteiger charge is -2.18. The molecule has 2 rings (SSSR count). The van der Waals surface area contributed by atoms with E-state index >= 15 is 0 Å². The molecule has 0 aliphatic rings. The molecule has 0 aliphatic carbocycles. The Labute approximate surface area is 118 Å². The molecule has 106 valence electrons. The third-order valence-electron chi connectivity index (χ3n) is 3.16. The first kappa shape index (κ1) is 14.2. The van der Waals surface area contributed by atoms with Gasteiger partial charge in [-0.2, -0.15) is 0 Å². The van der Waals surface area contributed by atoms with Crippen LogP contribution in [0.5, 0.6) is 17.2 Å². The van der Waals surface area contributed by atoms with Gasteiger partial charge in [-0.1, -0.05) is 18.2 Å². The Balaban J connectivity index is 2.49. The van der Waals surface area contributed by atoms with Crippen molar-refractivity contribution >= 4 is 0 Å². The quantitative estimate of drug-likeness (QED) is 0.910. The highest BCUT2D eigenvalue weighted by molar-refractivity contribution is 5.48. The Bertz CT molecular complexity index is 580. The third kappa shape index (κ3) is 2.70. The molecule has 1 unspecified atom stereocenters. The Hall–Kier alpha value is -2.20. The molecule has 1 N–H and O–H groups in total. The SMILES string of the molecule is COc1ccc(OC)c(C(O)c2ccccc2OC)c1. The molecule has 0 saturated carbocycles. The number of aliphatic hydroxyl groups is 1. The summed E-state index contributed by atoms with van der Waals surface area (Å²) in [5.74, 6) is 1.89. The fourth-order valence-electron chi connectivity index (χ4n) is 2.11. The molecule has 1 atom stereocenters. The molecule has 0 saturated heterocycles. The standard InChI is InChI=1S/C16H18O4/c1-18-11-8-9-15(20-3)13(10-11)16(17)12-6-4-5-7-14(12)19-2/h4-10,16-17H,1-3H3. The lowest BCUT2D eigenvalue weighted by atomic mass is 9.99. The molecule has 2 aromatic rings. The topological polar surface area (TPSA) is 47.9 Å². The summed E-state index contributed by atoms with van der Waals surface area (Å²) in [4.78, 5) is 0. The van der Waals surface area contributed by atoms with E-state index in [9.17, 15) is 5.11 Å². The normalized spacial score (nSPS) is 11.8. The summed E-state index contributed by atoms with van der Waals surface area (Å²) >= 11 is 0. The maximum Gasteiger partial charge on any atom is 0.125 e. The molecule has 0 aliphatic heterocycles. The van der Waals surface area contributed by atoms with Crippen LogP contribution in [-0.4, -0.2) is 26.4 Å². The van der Waals surface area contributed by atoms with E-state index in [1.54, 1.807) is 39.5 Å². The van der Waals surface area contributed by atoms with Gasteiger partial charge in [0, 0.05) is 11.1 Å². The predicted molar refractivity (Wildman–Crippen MR) is 76.6 cm³/mol. The minimum absolute atomic E-state index is 0.601. The monoisotopic (exact) mass is 274 g/mol. The Morgan fingerprint density at radius 3 is 2.10 bits per heavy atom. The highest BCUT2D eigenvalue weighted by Gasteiger charge is 2.19. The van der Waals surface area contributed by atoms with E-state index in [-0.39, 0.29) is 0 Å². The van der Waals surface area contributed by atoms with Crippen molar-refractivity contribution in [1.82, 2.24) is 0 Å². The summed E-state index contributed by atoms with van der Waals surface area (Å²) in [6.45, 7) is 0. The lowest BCUT2D eigenvalue weighted by Crippen LogP contribution is -2.05. The van der Waals surface area contributed by atoms with E-state index in [4.69, 9.17) is 14.2 Å². The molecule has 4 heteroatoms. The van der Waals surface area contributed by atoms with Crippen molar-refractivity contribution in [3.63, 3.8) is 0 Å². The summed E-state index contributed by atoms with van der Waals surface area (Å²) in [7, 11) is 4.73. The average Bonchev–Trinajstić information content (AvgIpc) is 2.53. The van der Waals surface area contributed by atoms with Gasteiger partial charge in [0.25, 0.3) is 0 Å². The first-order valence-corrected chi connectivity index (χ1v) is 6.24. The number of para-hydroxylation sites is 1. The van der Waals surface area contributed by atoms with Crippen molar-refractivity contribution in [2.75, 3.05) is 21.3 Å². The molecular formula is C16H18O4. The fourth-order valence-corrected chi connectivity index (χ4v) is 2.11. The summed E-state index contributed by atoms with van der Waals surface area (Å²) in [5.41, 5.74) is 1.32. The molecule has 0 spiro atoms. The van der Waals surface area contributed by atoms with Gasteiger partial charge in [0.05, 0.1) is 21.3 Å². The fraction of sp³-hybridized carbons (Fsp3) is 0.250. The molecule has 0 amide bonds. The predicted octanol–water partition coefficient (Wildman–Crippen LogP) is 2.79. The average molecular weight is 274 g/mol. The first-order valence-electron chi connectivity index (χ1n) is 6.24. The molecule has 4 nitrogen and oxygen atoms in total. The van der Waals surface area contributed by atoms with Gasteiger partial charge in [0.2, 0.25) is 0 Å². The number of methoxy groups -OCH3 is 3. The van der Waals surface area contributed by atoms with Crippen LogP contribution in [0.3, 0.4) is 0 Å². The van der Waals surface area contributed by atoms with Gasteiger partial charge < -0.3 is 19.3 Å². The van der Waals surface area contributed by atoms with Crippen LogP contribution in [0.25, 0.3) is 0 Å². The van der Waals surface area contributed by atoms with Gasteiger partial charge >= 0.3 is 0 Å². The summed E-state index contributed by atoms with van der Waals surface area (Å²) in [6.07, 6.45) is -0.851. The molecule has 2 aromatic carbocycles. The van der Waals surface area contributed by atoms with Gasteiger partial charge in [-0.3, -0.25) is 0 Å². The smallest absolute Gasteiger partial charge is 0.125 e. The van der Waals surface area contributed by atoms with Crippen LogP contribution < -0.4 is 14.2 Å². The second kappa shape index (κ2) is 6.30. The summed E-state index contributed by atoms with van der Waals surface area (Å²) in [5, 5.41) is 10.6. The second-order valence-corrected chi connectivity index (χ2v) is 4.25. The largest absolute Gasteiger partial charge is 0.497 e. The molecule has 0 heterocycles. The van der Waals surface area contributed by atoms with Crippen LogP contribution in [0.2, 0.25) is 0 Å². The highest BCUT2D eigenvalue weighted by atomic mass is 16.5. The Morgan fingerprint density at radius 2 is 1.45 bits per heavy atom. The zero-order chi connectivity index (χ0) is 14.5. The van der Waals surface area contributed by atoms with Gasteiger partial charge in [0.1, 0.15) is 23.4 Å². The van der Waals surface area contributed by atoms with E-state index in [1.807, 2.05) is 24.3 Å². The maximum absolute atomic E-state index is 10.6.